The van der Waals surface area contributed by atoms with E-state index in [1.165, 1.54) is 0 Å². The molecule has 2 aromatic rings. The maximum atomic E-state index is 12.1. The van der Waals surface area contributed by atoms with Gasteiger partial charge in [-0.2, -0.15) is 4.98 Å². The lowest BCUT2D eigenvalue weighted by molar-refractivity contribution is 0.0857. The van der Waals surface area contributed by atoms with Crippen molar-refractivity contribution in [3.63, 3.8) is 0 Å². The van der Waals surface area contributed by atoms with Crippen LogP contribution in [0.25, 0.3) is 0 Å². The van der Waals surface area contributed by atoms with E-state index in [0.29, 0.717) is 29.6 Å². The highest BCUT2D eigenvalue weighted by Crippen LogP contribution is 2.14. The van der Waals surface area contributed by atoms with Crippen LogP contribution in [0.2, 0.25) is 0 Å². The van der Waals surface area contributed by atoms with Crippen LogP contribution in [0, 0.1) is 6.92 Å². The van der Waals surface area contributed by atoms with Crippen molar-refractivity contribution in [2.24, 2.45) is 0 Å². The summed E-state index contributed by atoms with van der Waals surface area (Å²) in [6, 6.07) is 6.94. The van der Waals surface area contributed by atoms with Crippen LogP contribution in [0.5, 0.6) is 5.75 Å². The first-order valence-corrected chi connectivity index (χ1v) is 7.62. The maximum absolute atomic E-state index is 12.1. The minimum absolute atomic E-state index is 0.110. The van der Waals surface area contributed by atoms with Gasteiger partial charge in [0.25, 0.3) is 5.91 Å². The van der Waals surface area contributed by atoms with E-state index in [0.717, 1.165) is 19.4 Å². The van der Waals surface area contributed by atoms with Crippen molar-refractivity contribution < 1.29 is 18.8 Å². The summed E-state index contributed by atoms with van der Waals surface area (Å²) in [7, 11) is 0. The van der Waals surface area contributed by atoms with E-state index < -0.39 is 0 Å². The van der Waals surface area contributed by atoms with Gasteiger partial charge < -0.3 is 19.3 Å². The van der Waals surface area contributed by atoms with E-state index in [2.05, 4.69) is 15.5 Å². The monoisotopic (exact) mass is 317 g/mol. The predicted octanol–water partition coefficient (Wildman–Crippen LogP) is 1.87. The maximum Gasteiger partial charge on any atom is 0.251 e. The topological polar surface area (TPSA) is 86.5 Å². The fourth-order valence-electron chi connectivity index (χ4n) is 2.36. The lowest BCUT2D eigenvalue weighted by atomic mass is 10.2. The molecule has 1 aliphatic heterocycles. The van der Waals surface area contributed by atoms with Crippen LogP contribution in [0.15, 0.2) is 28.8 Å². The Morgan fingerprint density at radius 3 is 2.87 bits per heavy atom. The Morgan fingerprint density at radius 1 is 1.39 bits per heavy atom. The van der Waals surface area contributed by atoms with Gasteiger partial charge in [0, 0.05) is 25.6 Å². The molecule has 23 heavy (non-hydrogen) atoms. The van der Waals surface area contributed by atoms with Crippen molar-refractivity contribution in [3.05, 3.63) is 41.5 Å². The number of nitrogens with zero attached hydrogens (tertiary/aromatic N) is 2. The molecule has 1 aliphatic rings. The van der Waals surface area contributed by atoms with E-state index in [4.69, 9.17) is 14.0 Å². The molecule has 1 saturated heterocycles. The molecule has 0 aliphatic carbocycles. The molecule has 0 radical (unpaired) electrons. The molecule has 1 atom stereocenters. The highest BCUT2D eigenvalue weighted by Gasteiger charge is 2.16. The third kappa shape index (κ3) is 4.29. The Kier molecular flexibility index (Phi) is 4.87. The molecule has 122 valence electrons. The lowest BCUT2D eigenvalue weighted by Crippen LogP contribution is -2.31. The van der Waals surface area contributed by atoms with Crippen LogP contribution >= 0.6 is 0 Å². The van der Waals surface area contributed by atoms with Gasteiger partial charge in [-0.3, -0.25) is 4.79 Å². The van der Waals surface area contributed by atoms with Gasteiger partial charge >= 0.3 is 0 Å². The first kappa shape index (κ1) is 15.5. The molecule has 2 heterocycles. The fraction of sp³-hybridized carbons (Fsp3) is 0.438. The average molecular weight is 317 g/mol. The number of carbonyl (C=O) groups excluding carboxylic acids is 1. The number of hydrogen-bond acceptors (Lipinski definition) is 6. The van der Waals surface area contributed by atoms with Crippen LogP contribution in [-0.2, 0) is 11.3 Å². The number of hydrogen-bond donors (Lipinski definition) is 1. The molecule has 1 amide bonds. The van der Waals surface area contributed by atoms with E-state index in [9.17, 15) is 4.79 Å². The minimum atomic E-state index is -0.110. The number of amides is 1. The van der Waals surface area contributed by atoms with Crippen molar-refractivity contribution in [2.75, 3.05) is 13.2 Å². The summed E-state index contributed by atoms with van der Waals surface area (Å²) < 4.78 is 15.9. The Bertz CT molecular complexity index is 648. The van der Waals surface area contributed by atoms with E-state index in [1.54, 1.807) is 31.2 Å². The summed E-state index contributed by atoms with van der Waals surface area (Å²) in [5.41, 5.74) is 0.589. The highest BCUT2D eigenvalue weighted by molar-refractivity contribution is 5.94. The smallest absolute Gasteiger partial charge is 0.251 e. The van der Waals surface area contributed by atoms with Crippen molar-refractivity contribution in [2.45, 2.75) is 32.5 Å². The van der Waals surface area contributed by atoms with Crippen molar-refractivity contribution >= 4 is 5.91 Å². The number of nitrogens with one attached hydrogen (secondary N) is 1. The summed E-state index contributed by atoms with van der Waals surface area (Å²) in [5.74, 6) is 1.52. The molecule has 0 unspecified atom stereocenters. The SMILES string of the molecule is Cc1nc(COc2ccc(C(=O)NC[C@@H]3CCCO3)cc2)no1. The quantitative estimate of drug-likeness (QED) is 0.875. The van der Waals surface area contributed by atoms with Crippen LogP contribution in [0.4, 0.5) is 0 Å². The molecule has 1 fully saturated rings. The van der Waals surface area contributed by atoms with E-state index in [1.807, 2.05) is 0 Å². The summed E-state index contributed by atoms with van der Waals surface area (Å²) in [6.07, 6.45) is 2.20. The molecule has 1 aromatic carbocycles. The normalized spacial score (nSPS) is 17.2. The molecular weight excluding hydrogens is 298 g/mol. The standard InChI is InChI=1S/C16H19N3O4/c1-11-18-15(19-23-11)10-22-13-6-4-12(5-7-13)16(20)17-9-14-3-2-8-21-14/h4-7,14H,2-3,8-10H2,1H3,(H,17,20)/t14-/m0/s1. The Labute approximate surface area is 134 Å². The van der Waals surface area contributed by atoms with Gasteiger partial charge in [0.1, 0.15) is 5.75 Å². The van der Waals surface area contributed by atoms with Crippen LogP contribution < -0.4 is 10.1 Å². The Hall–Kier alpha value is -2.41. The van der Waals surface area contributed by atoms with Gasteiger partial charge in [-0.25, -0.2) is 0 Å². The zero-order valence-corrected chi connectivity index (χ0v) is 12.9. The Balaban J connectivity index is 1.48. The molecular formula is C16H19N3O4. The van der Waals surface area contributed by atoms with Gasteiger partial charge in [0.05, 0.1) is 6.10 Å². The number of aryl methyl sites for hydroxylation is 1. The van der Waals surface area contributed by atoms with Gasteiger partial charge in [-0.1, -0.05) is 5.16 Å². The predicted molar refractivity (Wildman–Crippen MR) is 81.1 cm³/mol. The van der Waals surface area contributed by atoms with E-state index in [-0.39, 0.29) is 18.6 Å². The number of aromatic nitrogens is 2. The first-order valence-electron chi connectivity index (χ1n) is 7.62. The minimum Gasteiger partial charge on any atom is -0.485 e. The van der Waals surface area contributed by atoms with Crippen molar-refractivity contribution in [1.82, 2.24) is 15.5 Å². The molecule has 1 N–H and O–H groups in total. The zero-order chi connectivity index (χ0) is 16.1. The molecule has 3 rings (SSSR count). The van der Waals surface area contributed by atoms with Crippen molar-refractivity contribution in [1.29, 1.82) is 0 Å². The summed E-state index contributed by atoms with van der Waals surface area (Å²) in [5, 5.41) is 6.64. The second-order valence-electron chi connectivity index (χ2n) is 5.39. The zero-order valence-electron chi connectivity index (χ0n) is 12.9. The molecule has 0 saturated carbocycles. The lowest BCUT2D eigenvalue weighted by Gasteiger charge is -2.11. The van der Waals surface area contributed by atoms with Gasteiger partial charge in [-0.15, -0.1) is 0 Å². The fourth-order valence-corrected chi connectivity index (χ4v) is 2.36. The van der Waals surface area contributed by atoms with Gasteiger partial charge in [0.15, 0.2) is 6.61 Å². The Morgan fingerprint density at radius 2 is 2.22 bits per heavy atom. The number of ether oxygens (including phenoxy) is 2. The molecule has 1 aromatic heterocycles. The van der Waals surface area contributed by atoms with E-state index >= 15 is 0 Å². The van der Waals surface area contributed by atoms with Gasteiger partial charge in [0.2, 0.25) is 11.7 Å². The highest BCUT2D eigenvalue weighted by atomic mass is 16.5. The molecule has 7 heteroatoms. The number of rotatable bonds is 6. The largest absolute Gasteiger partial charge is 0.485 e. The van der Waals surface area contributed by atoms with Gasteiger partial charge in [-0.05, 0) is 37.1 Å². The second kappa shape index (κ2) is 7.23. The number of benzene rings is 1. The molecule has 7 nitrogen and oxygen atoms in total. The third-order valence-corrected chi connectivity index (χ3v) is 3.57. The first-order chi connectivity index (χ1) is 11.2. The number of carbonyl (C=O) groups is 1. The average Bonchev–Trinajstić information content (AvgIpc) is 3.22. The summed E-state index contributed by atoms with van der Waals surface area (Å²) in [4.78, 5) is 16.1. The molecule has 0 spiro atoms. The summed E-state index contributed by atoms with van der Waals surface area (Å²) >= 11 is 0. The van der Waals surface area contributed by atoms with Crippen LogP contribution in [-0.4, -0.2) is 35.3 Å². The summed E-state index contributed by atoms with van der Waals surface area (Å²) in [6.45, 7) is 3.28. The molecule has 0 bridgehead atoms. The van der Waals surface area contributed by atoms with Crippen molar-refractivity contribution in [3.8, 4) is 5.75 Å². The second-order valence-corrected chi connectivity index (χ2v) is 5.39. The third-order valence-electron chi connectivity index (χ3n) is 3.57. The van der Waals surface area contributed by atoms with Crippen LogP contribution in [0.1, 0.15) is 34.9 Å². The van der Waals surface area contributed by atoms with Crippen LogP contribution in [0.3, 0.4) is 0 Å².